The van der Waals surface area contributed by atoms with Crippen molar-refractivity contribution in [3.05, 3.63) is 167 Å². The lowest BCUT2D eigenvalue weighted by Gasteiger charge is -2.26. The van der Waals surface area contributed by atoms with Crippen molar-refractivity contribution in [1.29, 1.82) is 0 Å². The fourth-order valence-corrected chi connectivity index (χ4v) is 5.55. The normalized spacial score (nSPS) is 15.3. The van der Waals surface area contributed by atoms with Gasteiger partial charge in [-0.1, -0.05) is 121 Å². The fraction of sp³-hybridized carbons (Fsp3) is 0.167. The minimum absolute atomic E-state index is 0.906. The van der Waals surface area contributed by atoms with E-state index in [0.717, 1.165) is 39.0 Å². The summed E-state index contributed by atoms with van der Waals surface area (Å²) in [7, 11) is 0. The van der Waals surface area contributed by atoms with E-state index in [9.17, 15) is 0 Å². The van der Waals surface area contributed by atoms with Crippen LogP contribution in [0.25, 0.3) is 0 Å². The monoisotopic (exact) mass is 494 g/mol. The van der Waals surface area contributed by atoms with E-state index in [2.05, 4.69) is 143 Å². The topological polar surface area (TPSA) is 6.48 Å². The molecular weight excluding hydrogens is 460 g/mol. The summed E-state index contributed by atoms with van der Waals surface area (Å²) in [5.41, 5.74) is 10.9. The molecule has 0 saturated heterocycles. The van der Waals surface area contributed by atoms with Crippen LogP contribution in [0, 0.1) is 0 Å². The number of benzene rings is 4. The van der Waals surface area contributed by atoms with Crippen molar-refractivity contribution in [2.24, 2.45) is 0 Å². The number of para-hydroxylation sites is 2. The summed E-state index contributed by atoms with van der Waals surface area (Å²) >= 11 is 0. The van der Waals surface area contributed by atoms with E-state index < -0.39 is 0 Å². The van der Waals surface area contributed by atoms with Crippen LogP contribution in [0.3, 0.4) is 0 Å². The van der Waals surface area contributed by atoms with Gasteiger partial charge in [0.1, 0.15) is 0 Å². The van der Waals surface area contributed by atoms with Gasteiger partial charge < -0.3 is 9.80 Å². The van der Waals surface area contributed by atoms with Gasteiger partial charge in [0.2, 0.25) is 0 Å². The standard InChI is InChI=1S/C36H34N2/c1-3-11-29(12-4-1)25-37-27-31(21-23-33-15-7-9-17-35(33)37)19-20-32-22-24-34-16-8-10-18-36(34)38(28-32)26-30-13-5-2-6-14-30/h1-22H,23-28H2/b20-19+. The zero-order valence-electron chi connectivity index (χ0n) is 21.8. The maximum Gasteiger partial charge on any atom is 0.0433 e. The summed E-state index contributed by atoms with van der Waals surface area (Å²) in [5, 5.41) is 0. The molecule has 0 N–H and O–H groups in total. The summed E-state index contributed by atoms with van der Waals surface area (Å²) in [6, 6.07) is 39.3. The maximum atomic E-state index is 2.52. The smallest absolute Gasteiger partial charge is 0.0433 e. The van der Waals surface area contributed by atoms with Gasteiger partial charge in [0.25, 0.3) is 0 Å². The first-order valence-electron chi connectivity index (χ1n) is 13.6. The van der Waals surface area contributed by atoms with Crippen molar-refractivity contribution < 1.29 is 0 Å². The van der Waals surface area contributed by atoms with Gasteiger partial charge in [-0.3, -0.25) is 0 Å². The van der Waals surface area contributed by atoms with Crippen LogP contribution in [0.4, 0.5) is 11.4 Å². The average Bonchev–Trinajstić information content (AvgIpc) is 3.25. The Bertz CT molecular complexity index is 1350. The van der Waals surface area contributed by atoms with Gasteiger partial charge in [-0.15, -0.1) is 0 Å². The number of anilines is 2. The second kappa shape index (κ2) is 11.4. The Kier molecular flexibility index (Phi) is 7.22. The lowest BCUT2D eigenvalue weighted by Crippen LogP contribution is -2.25. The van der Waals surface area contributed by atoms with Crippen LogP contribution >= 0.6 is 0 Å². The Morgan fingerprint density at radius 2 is 0.868 bits per heavy atom. The molecule has 188 valence electrons. The molecule has 0 unspecified atom stereocenters. The summed E-state index contributed by atoms with van der Waals surface area (Å²) in [6.45, 7) is 3.63. The van der Waals surface area contributed by atoms with Crippen LogP contribution < -0.4 is 9.80 Å². The molecule has 2 aliphatic heterocycles. The molecule has 0 spiro atoms. The van der Waals surface area contributed by atoms with Crippen molar-refractivity contribution >= 4 is 11.4 Å². The predicted octanol–water partition coefficient (Wildman–Crippen LogP) is 7.92. The number of hydrogen-bond donors (Lipinski definition) is 0. The molecule has 4 aromatic carbocycles. The highest BCUT2D eigenvalue weighted by Crippen LogP contribution is 2.30. The summed E-state index contributed by atoms with van der Waals surface area (Å²) in [5.74, 6) is 0. The zero-order chi connectivity index (χ0) is 25.6. The van der Waals surface area contributed by atoms with Crippen LogP contribution in [0.1, 0.15) is 22.3 Å². The largest absolute Gasteiger partial charge is 0.363 e. The van der Waals surface area contributed by atoms with E-state index in [4.69, 9.17) is 0 Å². The lowest BCUT2D eigenvalue weighted by atomic mass is 10.1. The van der Waals surface area contributed by atoms with Crippen molar-refractivity contribution in [1.82, 2.24) is 0 Å². The highest BCUT2D eigenvalue weighted by atomic mass is 15.1. The van der Waals surface area contributed by atoms with Crippen LogP contribution in [-0.4, -0.2) is 13.1 Å². The highest BCUT2D eigenvalue weighted by molar-refractivity contribution is 5.60. The molecule has 2 heterocycles. The number of fused-ring (bicyclic) bond motifs is 2. The number of nitrogens with zero attached hydrogens (tertiary/aromatic N) is 2. The second-order valence-corrected chi connectivity index (χ2v) is 10.2. The van der Waals surface area contributed by atoms with Gasteiger partial charge in [-0.05, 0) is 58.4 Å². The SMILES string of the molecule is C1=C(/C=C/C2=CCc3ccccc3N(Cc3ccccc3)C2)CN(Cc2ccccc2)c2ccccc2C1. The molecule has 4 aromatic rings. The van der Waals surface area contributed by atoms with E-state index in [1.807, 2.05) is 0 Å². The second-order valence-electron chi connectivity index (χ2n) is 10.2. The maximum absolute atomic E-state index is 2.52. The van der Waals surface area contributed by atoms with Crippen LogP contribution in [-0.2, 0) is 25.9 Å². The van der Waals surface area contributed by atoms with Crippen LogP contribution in [0.2, 0.25) is 0 Å². The molecular formula is C36H34N2. The first-order chi connectivity index (χ1) is 18.8. The minimum Gasteiger partial charge on any atom is -0.363 e. The summed E-state index contributed by atoms with van der Waals surface area (Å²) in [6.07, 6.45) is 11.5. The van der Waals surface area contributed by atoms with E-state index >= 15 is 0 Å². The third-order valence-electron chi connectivity index (χ3n) is 7.52. The van der Waals surface area contributed by atoms with E-state index in [0.29, 0.717) is 0 Å². The van der Waals surface area contributed by atoms with Crippen molar-refractivity contribution in [3.63, 3.8) is 0 Å². The molecule has 0 bridgehead atoms. The first kappa shape index (κ1) is 24.1. The van der Waals surface area contributed by atoms with E-state index in [-0.39, 0.29) is 0 Å². The van der Waals surface area contributed by atoms with E-state index in [1.165, 1.54) is 44.8 Å². The third kappa shape index (κ3) is 5.65. The molecule has 38 heavy (non-hydrogen) atoms. The molecule has 2 nitrogen and oxygen atoms in total. The van der Waals surface area contributed by atoms with Gasteiger partial charge in [0.05, 0.1) is 0 Å². The lowest BCUT2D eigenvalue weighted by molar-refractivity contribution is 0.850. The molecule has 0 fully saturated rings. The Labute approximate surface area is 226 Å². The van der Waals surface area contributed by atoms with Crippen molar-refractivity contribution in [2.75, 3.05) is 22.9 Å². The van der Waals surface area contributed by atoms with Gasteiger partial charge in [0, 0.05) is 37.6 Å². The summed E-state index contributed by atoms with van der Waals surface area (Å²) in [4.78, 5) is 5.04. The Morgan fingerprint density at radius 1 is 0.474 bits per heavy atom. The fourth-order valence-electron chi connectivity index (χ4n) is 5.55. The van der Waals surface area contributed by atoms with Crippen molar-refractivity contribution in [3.8, 4) is 0 Å². The number of allylic oxidation sites excluding steroid dienone is 2. The van der Waals surface area contributed by atoms with Gasteiger partial charge in [0.15, 0.2) is 0 Å². The number of rotatable bonds is 6. The van der Waals surface area contributed by atoms with Gasteiger partial charge >= 0.3 is 0 Å². The Balaban J connectivity index is 1.24. The quantitative estimate of drug-likeness (QED) is 0.269. The number of hydrogen-bond acceptors (Lipinski definition) is 2. The minimum atomic E-state index is 0.906. The van der Waals surface area contributed by atoms with Crippen molar-refractivity contribution in [2.45, 2.75) is 25.9 Å². The molecule has 0 amide bonds. The summed E-state index contributed by atoms with van der Waals surface area (Å²) < 4.78 is 0. The molecule has 0 aromatic heterocycles. The molecule has 0 atom stereocenters. The predicted molar refractivity (Wildman–Crippen MR) is 161 cm³/mol. The average molecular weight is 495 g/mol. The zero-order valence-corrected chi connectivity index (χ0v) is 21.8. The molecule has 0 radical (unpaired) electrons. The Morgan fingerprint density at radius 3 is 1.32 bits per heavy atom. The molecule has 6 rings (SSSR count). The molecule has 2 aliphatic rings. The molecule has 0 saturated carbocycles. The molecule has 2 heteroatoms. The van der Waals surface area contributed by atoms with Crippen LogP contribution in [0.5, 0.6) is 0 Å². The Hall–Kier alpha value is -4.30. The van der Waals surface area contributed by atoms with Crippen LogP contribution in [0.15, 0.2) is 145 Å². The van der Waals surface area contributed by atoms with Gasteiger partial charge in [-0.25, -0.2) is 0 Å². The van der Waals surface area contributed by atoms with Gasteiger partial charge in [-0.2, -0.15) is 0 Å². The van der Waals surface area contributed by atoms with E-state index in [1.54, 1.807) is 0 Å². The first-order valence-corrected chi connectivity index (χ1v) is 13.6. The highest BCUT2D eigenvalue weighted by Gasteiger charge is 2.18. The molecule has 0 aliphatic carbocycles. The third-order valence-corrected chi connectivity index (χ3v) is 7.52.